The van der Waals surface area contributed by atoms with E-state index in [0.717, 1.165) is 32.0 Å². The lowest BCUT2D eigenvalue weighted by atomic mass is 9.92. The van der Waals surface area contributed by atoms with Gasteiger partial charge < -0.3 is 10.8 Å². The van der Waals surface area contributed by atoms with Crippen molar-refractivity contribution in [2.45, 2.75) is 50.2 Å². The van der Waals surface area contributed by atoms with Crippen molar-refractivity contribution in [3.8, 4) is 0 Å². The third kappa shape index (κ3) is 2.10. The summed E-state index contributed by atoms with van der Waals surface area (Å²) in [6, 6.07) is 0.730. The van der Waals surface area contributed by atoms with Crippen LogP contribution in [0.2, 0.25) is 0 Å². The summed E-state index contributed by atoms with van der Waals surface area (Å²) in [7, 11) is 0. The highest BCUT2D eigenvalue weighted by Gasteiger charge is 2.35. The van der Waals surface area contributed by atoms with E-state index >= 15 is 0 Å². The number of hydrogen-bond donors (Lipinski definition) is 2. The first-order valence-corrected chi connectivity index (χ1v) is 5.90. The zero-order valence-corrected chi connectivity index (χ0v) is 8.91. The van der Waals surface area contributed by atoms with Gasteiger partial charge in [-0.15, -0.1) is 0 Å². The van der Waals surface area contributed by atoms with Crippen molar-refractivity contribution in [2.75, 3.05) is 19.6 Å². The maximum Gasteiger partial charge on any atom is 0.0896 e. The van der Waals surface area contributed by atoms with Gasteiger partial charge in [0, 0.05) is 19.1 Å². The Morgan fingerprint density at radius 3 is 2.64 bits per heavy atom. The van der Waals surface area contributed by atoms with Gasteiger partial charge in [0.05, 0.1) is 5.60 Å². The summed E-state index contributed by atoms with van der Waals surface area (Å²) in [4.78, 5) is 2.46. The Morgan fingerprint density at radius 2 is 2.00 bits per heavy atom. The van der Waals surface area contributed by atoms with Crippen LogP contribution in [0.1, 0.15) is 38.5 Å². The molecule has 0 radical (unpaired) electrons. The number of rotatable bonds is 2. The Labute approximate surface area is 86.3 Å². The first-order chi connectivity index (χ1) is 6.73. The zero-order chi connectivity index (χ0) is 10.0. The van der Waals surface area contributed by atoms with E-state index in [1.54, 1.807) is 0 Å². The standard InChI is InChI=1S/C11H22N2O/c12-8-11(14)6-3-7-13(9-11)10-4-1-2-5-10/h10,14H,1-9,12H2. The number of nitrogens with two attached hydrogens (primary N) is 1. The van der Waals surface area contributed by atoms with Gasteiger partial charge in [-0.25, -0.2) is 0 Å². The molecule has 2 fully saturated rings. The molecule has 1 heterocycles. The number of piperidine rings is 1. The largest absolute Gasteiger partial charge is 0.387 e. The van der Waals surface area contributed by atoms with E-state index in [1.807, 2.05) is 0 Å². The van der Waals surface area contributed by atoms with Gasteiger partial charge in [-0.1, -0.05) is 12.8 Å². The van der Waals surface area contributed by atoms with Gasteiger partial charge in [0.2, 0.25) is 0 Å². The first kappa shape index (κ1) is 10.4. The summed E-state index contributed by atoms with van der Waals surface area (Å²) in [5.41, 5.74) is 5.03. The molecule has 1 saturated heterocycles. The second-order valence-corrected chi connectivity index (χ2v) is 4.94. The van der Waals surface area contributed by atoms with E-state index in [2.05, 4.69) is 4.90 Å². The van der Waals surface area contributed by atoms with Crippen LogP contribution in [0.15, 0.2) is 0 Å². The molecule has 2 rings (SSSR count). The molecule has 3 nitrogen and oxygen atoms in total. The molecule has 0 aromatic heterocycles. The van der Waals surface area contributed by atoms with E-state index in [9.17, 15) is 5.11 Å². The van der Waals surface area contributed by atoms with Crippen molar-refractivity contribution in [1.82, 2.24) is 4.90 Å². The normalized spacial score (nSPS) is 36.4. The van der Waals surface area contributed by atoms with Crippen LogP contribution in [0.3, 0.4) is 0 Å². The van der Waals surface area contributed by atoms with Crippen LogP contribution in [0.5, 0.6) is 0 Å². The fourth-order valence-corrected chi connectivity index (χ4v) is 2.90. The van der Waals surface area contributed by atoms with Crippen molar-refractivity contribution < 1.29 is 5.11 Å². The van der Waals surface area contributed by atoms with E-state index in [4.69, 9.17) is 5.73 Å². The fraction of sp³-hybridized carbons (Fsp3) is 1.00. The Bertz CT molecular complexity index is 192. The minimum absolute atomic E-state index is 0.413. The van der Waals surface area contributed by atoms with Gasteiger partial charge in [0.15, 0.2) is 0 Å². The van der Waals surface area contributed by atoms with E-state index in [1.165, 1.54) is 25.7 Å². The third-order valence-electron chi connectivity index (χ3n) is 3.81. The third-order valence-corrected chi connectivity index (χ3v) is 3.81. The van der Waals surface area contributed by atoms with Crippen LogP contribution in [-0.4, -0.2) is 41.3 Å². The highest BCUT2D eigenvalue weighted by Crippen LogP contribution is 2.29. The molecule has 1 saturated carbocycles. The number of β-amino-alcohol motifs (C(OH)–C–C–N with tert-alkyl or cyclic N) is 1. The average Bonchev–Trinajstić information content (AvgIpc) is 2.71. The molecule has 3 heteroatoms. The summed E-state index contributed by atoms with van der Waals surface area (Å²) in [5.74, 6) is 0. The highest BCUT2D eigenvalue weighted by atomic mass is 16.3. The second kappa shape index (κ2) is 4.17. The molecule has 0 spiro atoms. The van der Waals surface area contributed by atoms with Gasteiger partial charge in [-0.05, 0) is 32.2 Å². The van der Waals surface area contributed by atoms with Gasteiger partial charge in [-0.3, -0.25) is 4.90 Å². The molecule has 82 valence electrons. The molecule has 1 aliphatic carbocycles. The lowest BCUT2D eigenvalue weighted by molar-refractivity contribution is -0.0360. The van der Waals surface area contributed by atoms with Gasteiger partial charge in [0.1, 0.15) is 0 Å². The Morgan fingerprint density at radius 1 is 1.29 bits per heavy atom. The van der Waals surface area contributed by atoms with Crippen LogP contribution < -0.4 is 5.73 Å². The lowest BCUT2D eigenvalue weighted by Gasteiger charge is -2.41. The summed E-state index contributed by atoms with van der Waals surface area (Å²) >= 11 is 0. The van der Waals surface area contributed by atoms with Gasteiger partial charge in [-0.2, -0.15) is 0 Å². The molecule has 0 bridgehead atoms. The van der Waals surface area contributed by atoms with Crippen LogP contribution in [0.4, 0.5) is 0 Å². The Kier molecular flexibility index (Phi) is 3.10. The van der Waals surface area contributed by atoms with Crippen molar-refractivity contribution in [3.05, 3.63) is 0 Å². The lowest BCUT2D eigenvalue weighted by Crippen LogP contribution is -2.54. The molecule has 2 aliphatic rings. The van der Waals surface area contributed by atoms with Crippen molar-refractivity contribution >= 4 is 0 Å². The van der Waals surface area contributed by atoms with Crippen LogP contribution in [-0.2, 0) is 0 Å². The maximum absolute atomic E-state index is 10.1. The molecule has 0 aromatic rings. The fourth-order valence-electron chi connectivity index (χ4n) is 2.90. The van der Waals surface area contributed by atoms with E-state index in [0.29, 0.717) is 6.54 Å². The van der Waals surface area contributed by atoms with Crippen LogP contribution in [0.25, 0.3) is 0 Å². The van der Waals surface area contributed by atoms with E-state index < -0.39 is 5.60 Å². The van der Waals surface area contributed by atoms with Crippen molar-refractivity contribution in [3.63, 3.8) is 0 Å². The minimum Gasteiger partial charge on any atom is -0.387 e. The minimum atomic E-state index is -0.596. The van der Waals surface area contributed by atoms with Gasteiger partial charge in [0.25, 0.3) is 0 Å². The predicted molar refractivity (Wildman–Crippen MR) is 57.1 cm³/mol. The predicted octanol–water partition coefficient (Wildman–Crippen LogP) is 0.715. The number of hydrogen-bond acceptors (Lipinski definition) is 3. The summed E-state index contributed by atoms with van der Waals surface area (Å²) in [6.45, 7) is 2.37. The summed E-state index contributed by atoms with van der Waals surface area (Å²) in [6.07, 6.45) is 7.35. The molecule has 14 heavy (non-hydrogen) atoms. The molecule has 0 amide bonds. The quantitative estimate of drug-likeness (QED) is 0.687. The smallest absolute Gasteiger partial charge is 0.0896 e. The summed E-state index contributed by atoms with van der Waals surface area (Å²) < 4.78 is 0. The number of nitrogens with zero attached hydrogens (tertiary/aromatic N) is 1. The monoisotopic (exact) mass is 198 g/mol. The highest BCUT2D eigenvalue weighted by molar-refractivity contribution is 4.91. The molecule has 1 atom stereocenters. The zero-order valence-electron chi connectivity index (χ0n) is 8.91. The molecular weight excluding hydrogens is 176 g/mol. The van der Waals surface area contributed by atoms with Crippen LogP contribution >= 0.6 is 0 Å². The average molecular weight is 198 g/mol. The summed E-state index contributed by atoms with van der Waals surface area (Å²) in [5, 5.41) is 10.1. The molecule has 1 unspecified atom stereocenters. The van der Waals surface area contributed by atoms with Gasteiger partial charge >= 0.3 is 0 Å². The van der Waals surface area contributed by atoms with E-state index in [-0.39, 0.29) is 0 Å². The number of aliphatic hydroxyl groups is 1. The van der Waals surface area contributed by atoms with Crippen LogP contribution in [0, 0.1) is 0 Å². The van der Waals surface area contributed by atoms with Crippen molar-refractivity contribution in [2.24, 2.45) is 5.73 Å². The Hall–Kier alpha value is -0.120. The number of likely N-dealkylation sites (tertiary alicyclic amines) is 1. The molecule has 0 aromatic carbocycles. The second-order valence-electron chi connectivity index (χ2n) is 4.94. The van der Waals surface area contributed by atoms with Crippen molar-refractivity contribution in [1.29, 1.82) is 0 Å². The first-order valence-electron chi connectivity index (χ1n) is 5.90. The molecule has 1 aliphatic heterocycles. The molecule has 3 N–H and O–H groups in total. The Balaban J connectivity index is 1.93. The molecular formula is C11H22N2O. The SMILES string of the molecule is NCC1(O)CCCN(C2CCCC2)C1. The maximum atomic E-state index is 10.1. The topological polar surface area (TPSA) is 49.5 Å².